The van der Waals surface area contributed by atoms with Crippen molar-refractivity contribution < 1.29 is 4.79 Å². The van der Waals surface area contributed by atoms with Gasteiger partial charge in [-0.25, -0.2) is 4.98 Å². The van der Waals surface area contributed by atoms with Gasteiger partial charge in [0.1, 0.15) is 5.82 Å². The average Bonchev–Trinajstić information content (AvgIpc) is 2.48. The molecule has 2 atom stereocenters. The number of carbonyl (C=O) groups is 1. The number of nitrogen functional groups attached to an aromatic ring is 1. The molecule has 0 aliphatic carbocycles. The molecule has 6 heteroatoms. The maximum atomic E-state index is 12.7. The summed E-state index contributed by atoms with van der Waals surface area (Å²) in [6.45, 7) is 5.01. The van der Waals surface area contributed by atoms with Crippen molar-refractivity contribution in [2.24, 2.45) is 0 Å². The average molecular weight is 309 g/mol. The van der Waals surface area contributed by atoms with Gasteiger partial charge in [-0.15, -0.1) is 0 Å². The first-order chi connectivity index (χ1) is 10.1. The van der Waals surface area contributed by atoms with Crippen molar-refractivity contribution in [1.29, 1.82) is 0 Å². The molecule has 5 nitrogen and oxygen atoms in total. The van der Waals surface area contributed by atoms with E-state index in [4.69, 9.17) is 17.3 Å². The first-order valence-corrected chi connectivity index (χ1v) is 7.90. The molecule has 0 aromatic carbocycles. The molecule has 3 rings (SSSR count). The molecule has 2 saturated heterocycles. The predicted octanol–water partition coefficient (Wildman–Crippen LogP) is 2.02. The largest absolute Gasteiger partial charge is 0.382 e. The summed E-state index contributed by atoms with van der Waals surface area (Å²) in [6.07, 6.45) is 5.22. The first kappa shape index (κ1) is 14.6. The maximum absolute atomic E-state index is 12.7. The van der Waals surface area contributed by atoms with Gasteiger partial charge in [0.2, 0.25) is 0 Å². The summed E-state index contributed by atoms with van der Waals surface area (Å²) in [5.41, 5.74) is 6.13. The van der Waals surface area contributed by atoms with Gasteiger partial charge in [0.25, 0.3) is 5.91 Å². The fourth-order valence-electron chi connectivity index (χ4n) is 3.37. The zero-order valence-electron chi connectivity index (χ0n) is 12.3. The molecule has 2 N–H and O–H groups in total. The number of aromatic nitrogens is 1. The monoisotopic (exact) mass is 308 g/mol. The Labute approximate surface area is 130 Å². The zero-order chi connectivity index (χ0) is 15.0. The Balaban J connectivity index is 1.78. The maximum Gasteiger partial charge on any atom is 0.255 e. The lowest BCUT2D eigenvalue weighted by Gasteiger charge is -2.47. The van der Waals surface area contributed by atoms with Crippen molar-refractivity contribution in [2.45, 2.75) is 38.3 Å². The minimum Gasteiger partial charge on any atom is -0.382 e. The lowest BCUT2D eigenvalue weighted by atomic mass is 9.96. The Hall–Kier alpha value is -1.33. The zero-order valence-corrected chi connectivity index (χ0v) is 13.0. The smallest absolute Gasteiger partial charge is 0.255 e. The van der Waals surface area contributed by atoms with Crippen LogP contribution >= 0.6 is 11.6 Å². The molecule has 21 heavy (non-hydrogen) atoms. The van der Waals surface area contributed by atoms with Gasteiger partial charge in [-0.3, -0.25) is 9.69 Å². The minimum absolute atomic E-state index is 0.00197. The minimum atomic E-state index is 0.00197. The Bertz CT molecular complexity index is 550. The van der Waals surface area contributed by atoms with Crippen LogP contribution in [0.4, 0.5) is 5.82 Å². The number of piperidine rings is 1. The fraction of sp³-hybridized carbons (Fsp3) is 0.600. The fourth-order valence-corrected chi connectivity index (χ4v) is 3.53. The van der Waals surface area contributed by atoms with E-state index in [2.05, 4.69) is 16.8 Å². The molecule has 2 fully saturated rings. The van der Waals surface area contributed by atoms with Crippen LogP contribution in [0.5, 0.6) is 0 Å². The molecule has 3 heterocycles. The molecule has 1 aromatic rings. The number of halogens is 1. The highest BCUT2D eigenvalue weighted by Crippen LogP contribution is 2.26. The van der Waals surface area contributed by atoms with Gasteiger partial charge in [0.05, 0.1) is 10.6 Å². The van der Waals surface area contributed by atoms with E-state index in [1.165, 1.54) is 25.5 Å². The topological polar surface area (TPSA) is 62.5 Å². The number of fused-ring (bicyclic) bond motifs is 1. The van der Waals surface area contributed by atoms with Crippen LogP contribution in [-0.4, -0.2) is 52.4 Å². The van der Waals surface area contributed by atoms with E-state index in [0.29, 0.717) is 16.6 Å². The number of nitrogens with zero attached hydrogens (tertiary/aromatic N) is 3. The Kier molecular flexibility index (Phi) is 4.04. The van der Waals surface area contributed by atoms with Gasteiger partial charge < -0.3 is 10.6 Å². The number of carbonyl (C=O) groups excluding carboxylic acids is 1. The van der Waals surface area contributed by atoms with E-state index in [1.807, 2.05) is 4.90 Å². The van der Waals surface area contributed by atoms with E-state index in [-0.39, 0.29) is 17.8 Å². The summed E-state index contributed by atoms with van der Waals surface area (Å²) in [6, 6.07) is 2.32. The Morgan fingerprint density at radius 1 is 1.43 bits per heavy atom. The van der Waals surface area contributed by atoms with Crippen molar-refractivity contribution in [3.05, 3.63) is 22.8 Å². The summed E-state index contributed by atoms with van der Waals surface area (Å²) in [5, 5.41) is 0.338. The normalized spacial score (nSPS) is 26.5. The van der Waals surface area contributed by atoms with Crippen molar-refractivity contribution in [2.75, 3.05) is 25.4 Å². The van der Waals surface area contributed by atoms with E-state index >= 15 is 0 Å². The molecule has 1 amide bonds. The third kappa shape index (κ3) is 2.85. The van der Waals surface area contributed by atoms with Crippen molar-refractivity contribution in [1.82, 2.24) is 14.8 Å². The van der Waals surface area contributed by atoms with E-state index in [0.717, 1.165) is 19.6 Å². The molecule has 2 aliphatic rings. The molecule has 2 unspecified atom stereocenters. The van der Waals surface area contributed by atoms with E-state index < -0.39 is 0 Å². The van der Waals surface area contributed by atoms with E-state index in [9.17, 15) is 4.79 Å². The van der Waals surface area contributed by atoms with Gasteiger partial charge in [0, 0.05) is 31.4 Å². The number of hydrogen-bond donors (Lipinski definition) is 1. The number of amides is 1. The number of hydrogen-bond acceptors (Lipinski definition) is 4. The third-order valence-electron chi connectivity index (χ3n) is 4.56. The van der Waals surface area contributed by atoms with Crippen LogP contribution < -0.4 is 5.73 Å². The van der Waals surface area contributed by atoms with Crippen molar-refractivity contribution >= 4 is 23.3 Å². The molecule has 114 valence electrons. The highest BCUT2D eigenvalue weighted by atomic mass is 35.5. The molecular weight excluding hydrogens is 288 g/mol. The highest BCUT2D eigenvalue weighted by Gasteiger charge is 2.35. The highest BCUT2D eigenvalue weighted by molar-refractivity contribution is 6.33. The number of pyridine rings is 1. The molecule has 2 aliphatic heterocycles. The quantitative estimate of drug-likeness (QED) is 0.862. The van der Waals surface area contributed by atoms with Gasteiger partial charge in [-0.1, -0.05) is 18.0 Å². The van der Waals surface area contributed by atoms with Crippen molar-refractivity contribution in [3.8, 4) is 0 Å². The lowest BCUT2D eigenvalue weighted by Crippen LogP contribution is -2.60. The standard InChI is InChI=1S/C15H21ClN4O/c1-10-8-19-5-3-2-4-12(19)9-20(10)15(21)11-6-13(16)14(17)18-7-11/h6-7,10,12H,2-5,8-9H2,1H3,(H2,17,18). The molecule has 0 saturated carbocycles. The summed E-state index contributed by atoms with van der Waals surface area (Å²) < 4.78 is 0. The predicted molar refractivity (Wildman–Crippen MR) is 83.4 cm³/mol. The van der Waals surface area contributed by atoms with Gasteiger partial charge in [-0.2, -0.15) is 0 Å². The number of nitrogens with two attached hydrogens (primary N) is 1. The van der Waals surface area contributed by atoms with Crippen molar-refractivity contribution in [3.63, 3.8) is 0 Å². The second-order valence-electron chi connectivity index (χ2n) is 6.04. The third-order valence-corrected chi connectivity index (χ3v) is 4.87. The Morgan fingerprint density at radius 3 is 3.00 bits per heavy atom. The van der Waals surface area contributed by atoms with Crippen LogP contribution in [0.25, 0.3) is 0 Å². The second-order valence-corrected chi connectivity index (χ2v) is 6.45. The first-order valence-electron chi connectivity index (χ1n) is 7.52. The van der Waals surface area contributed by atoms with Crippen LogP contribution in [0.2, 0.25) is 5.02 Å². The molecular formula is C15H21ClN4O. The lowest BCUT2D eigenvalue weighted by molar-refractivity contribution is 0.0151. The van der Waals surface area contributed by atoms with Crippen LogP contribution in [0, 0.1) is 0 Å². The SMILES string of the molecule is CC1CN2CCCCC2CN1C(=O)c1cnc(N)c(Cl)c1. The second kappa shape index (κ2) is 5.81. The molecule has 0 bridgehead atoms. The number of rotatable bonds is 1. The van der Waals surface area contributed by atoms with Gasteiger partial charge >= 0.3 is 0 Å². The summed E-state index contributed by atoms with van der Waals surface area (Å²) in [5.74, 6) is 0.264. The number of piperazine rings is 1. The Morgan fingerprint density at radius 2 is 2.24 bits per heavy atom. The van der Waals surface area contributed by atoms with Crippen LogP contribution in [0.1, 0.15) is 36.5 Å². The summed E-state index contributed by atoms with van der Waals surface area (Å²) in [4.78, 5) is 21.2. The van der Waals surface area contributed by atoms with Crippen LogP contribution in [-0.2, 0) is 0 Å². The molecule has 0 spiro atoms. The molecule has 0 radical (unpaired) electrons. The van der Waals surface area contributed by atoms with Crippen LogP contribution in [0.15, 0.2) is 12.3 Å². The van der Waals surface area contributed by atoms with E-state index in [1.54, 1.807) is 6.07 Å². The molecule has 1 aromatic heterocycles. The van der Waals surface area contributed by atoms with Gasteiger partial charge in [0.15, 0.2) is 0 Å². The van der Waals surface area contributed by atoms with Gasteiger partial charge in [-0.05, 0) is 32.4 Å². The summed E-state index contributed by atoms with van der Waals surface area (Å²) >= 11 is 5.98. The summed E-state index contributed by atoms with van der Waals surface area (Å²) in [7, 11) is 0. The number of anilines is 1. The van der Waals surface area contributed by atoms with Crippen LogP contribution in [0.3, 0.4) is 0 Å².